The van der Waals surface area contributed by atoms with E-state index in [2.05, 4.69) is 10.3 Å². The molecule has 8 nitrogen and oxygen atoms in total. The summed E-state index contributed by atoms with van der Waals surface area (Å²) in [6.45, 7) is 1.35. The normalized spacial score (nSPS) is 12.1. The van der Waals surface area contributed by atoms with Crippen LogP contribution in [0.15, 0.2) is 30.5 Å². The highest BCUT2D eigenvalue weighted by Crippen LogP contribution is 2.18. The highest BCUT2D eigenvalue weighted by molar-refractivity contribution is 6.31. The molecule has 0 bridgehead atoms. The molecule has 2 rings (SSSR count). The number of hydrogen-bond donors (Lipinski definition) is 2. The van der Waals surface area contributed by atoms with Gasteiger partial charge in [-0.1, -0.05) is 17.7 Å². The van der Waals surface area contributed by atoms with Crippen LogP contribution in [0.2, 0.25) is 5.15 Å². The second-order valence-corrected chi connectivity index (χ2v) is 5.06. The summed E-state index contributed by atoms with van der Waals surface area (Å²) in [7, 11) is 1.36. The maximum atomic E-state index is 11.8. The van der Waals surface area contributed by atoms with E-state index in [0.29, 0.717) is 11.3 Å². The Labute approximate surface area is 142 Å². The average Bonchev–Trinajstić information content (AvgIpc) is 2.87. The van der Waals surface area contributed by atoms with E-state index >= 15 is 0 Å². The van der Waals surface area contributed by atoms with Gasteiger partial charge >= 0.3 is 12.0 Å². The second kappa shape index (κ2) is 7.60. The Bertz CT molecular complexity index is 815. The maximum Gasteiger partial charge on any atom is 0.331 e. The van der Waals surface area contributed by atoms with Gasteiger partial charge in [-0.15, -0.1) is 0 Å². The number of carbonyl (C=O) groups excluding carboxylic acids is 3. The largest absolute Gasteiger partial charge is 0.449 e. The number of pyridine rings is 1. The van der Waals surface area contributed by atoms with Crippen LogP contribution in [0.5, 0.6) is 0 Å². The molecule has 0 fully saturated rings. The van der Waals surface area contributed by atoms with Crippen molar-refractivity contribution >= 4 is 41.2 Å². The Morgan fingerprint density at radius 2 is 2.12 bits per heavy atom. The Kier molecular flexibility index (Phi) is 5.54. The first kappa shape index (κ1) is 17.5. The van der Waals surface area contributed by atoms with Crippen LogP contribution >= 0.6 is 11.6 Å². The third-order valence-electron chi connectivity index (χ3n) is 3.03. The number of carbonyl (C=O) groups is 3. The van der Waals surface area contributed by atoms with Crippen molar-refractivity contribution in [2.24, 2.45) is 0 Å². The van der Waals surface area contributed by atoms with E-state index < -0.39 is 24.0 Å². The van der Waals surface area contributed by atoms with Crippen molar-refractivity contribution in [3.63, 3.8) is 0 Å². The lowest BCUT2D eigenvalue weighted by molar-refractivity contribution is -0.149. The minimum absolute atomic E-state index is 0.232. The van der Waals surface area contributed by atoms with Gasteiger partial charge in [0.1, 0.15) is 5.65 Å². The Hall–Kier alpha value is -2.87. The van der Waals surface area contributed by atoms with Crippen LogP contribution in [0.3, 0.4) is 0 Å². The molecule has 0 unspecified atom stereocenters. The van der Waals surface area contributed by atoms with E-state index in [1.54, 1.807) is 22.7 Å². The van der Waals surface area contributed by atoms with Crippen molar-refractivity contribution in [1.29, 1.82) is 0 Å². The van der Waals surface area contributed by atoms with E-state index in [-0.39, 0.29) is 5.15 Å². The highest BCUT2D eigenvalue weighted by Gasteiger charge is 2.18. The van der Waals surface area contributed by atoms with Crippen molar-refractivity contribution in [1.82, 2.24) is 20.0 Å². The first-order valence-corrected chi connectivity index (χ1v) is 7.34. The van der Waals surface area contributed by atoms with Crippen molar-refractivity contribution in [3.05, 3.63) is 41.3 Å². The van der Waals surface area contributed by atoms with E-state index in [1.807, 2.05) is 11.4 Å². The number of amides is 3. The Balaban J connectivity index is 2.03. The third-order valence-corrected chi connectivity index (χ3v) is 3.30. The van der Waals surface area contributed by atoms with Crippen LogP contribution in [0.4, 0.5) is 4.79 Å². The predicted molar refractivity (Wildman–Crippen MR) is 87.4 cm³/mol. The summed E-state index contributed by atoms with van der Waals surface area (Å²) in [4.78, 5) is 38.6. The number of imide groups is 1. The molecule has 2 aromatic heterocycles. The molecule has 1 atom stereocenters. The molecule has 3 amide bonds. The van der Waals surface area contributed by atoms with Crippen molar-refractivity contribution < 1.29 is 19.1 Å². The molecule has 2 aromatic rings. The molecule has 2 heterocycles. The number of imidazole rings is 1. The van der Waals surface area contributed by atoms with Crippen molar-refractivity contribution in [2.45, 2.75) is 13.0 Å². The fraction of sp³-hybridized carbons (Fsp3) is 0.200. The van der Waals surface area contributed by atoms with Crippen LogP contribution in [-0.4, -0.2) is 40.4 Å². The van der Waals surface area contributed by atoms with Crippen LogP contribution < -0.4 is 10.6 Å². The quantitative estimate of drug-likeness (QED) is 0.641. The topological polar surface area (TPSA) is 102 Å². The summed E-state index contributed by atoms with van der Waals surface area (Å²) >= 11 is 6.04. The number of fused-ring (bicyclic) bond motifs is 1. The molecule has 0 saturated carbocycles. The zero-order valence-electron chi connectivity index (χ0n) is 12.9. The molecule has 0 aliphatic carbocycles. The monoisotopic (exact) mass is 350 g/mol. The summed E-state index contributed by atoms with van der Waals surface area (Å²) < 4.78 is 6.62. The summed E-state index contributed by atoms with van der Waals surface area (Å²) in [6.07, 6.45) is 3.19. The number of aromatic nitrogens is 2. The number of halogens is 1. The first-order chi connectivity index (χ1) is 11.4. The summed E-state index contributed by atoms with van der Waals surface area (Å²) in [5.41, 5.74) is 1.14. The van der Waals surface area contributed by atoms with Crippen molar-refractivity contribution in [3.8, 4) is 0 Å². The second-order valence-electron chi connectivity index (χ2n) is 4.70. The van der Waals surface area contributed by atoms with Gasteiger partial charge in [-0.25, -0.2) is 14.6 Å². The lowest BCUT2D eigenvalue weighted by Crippen LogP contribution is -2.43. The number of hydrogen-bond acceptors (Lipinski definition) is 5. The van der Waals surface area contributed by atoms with Crippen LogP contribution in [0.1, 0.15) is 12.6 Å². The molecule has 0 saturated heterocycles. The van der Waals surface area contributed by atoms with Crippen LogP contribution in [0.25, 0.3) is 11.7 Å². The maximum absolute atomic E-state index is 11.8. The zero-order chi connectivity index (χ0) is 17.7. The van der Waals surface area contributed by atoms with Gasteiger partial charge in [0, 0.05) is 19.3 Å². The lowest BCUT2D eigenvalue weighted by atomic mass is 10.3. The number of nitrogens with zero attached hydrogens (tertiary/aromatic N) is 2. The van der Waals surface area contributed by atoms with Gasteiger partial charge in [0.05, 0.1) is 5.69 Å². The summed E-state index contributed by atoms with van der Waals surface area (Å²) in [5, 5.41) is 4.47. The van der Waals surface area contributed by atoms with E-state index in [9.17, 15) is 14.4 Å². The van der Waals surface area contributed by atoms with Gasteiger partial charge < -0.3 is 10.1 Å². The number of nitrogens with one attached hydrogen (secondary N) is 2. The molecular weight excluding hydrogens is 336 g/mol. The molecule has 126 valence electrons. The highest BCUT2D eigenvalue weighted by atomic mass is 35.5. The van der Waals surface area contributed by atoms with Gasteiger partial charge in [0.25, 0.3) is 5.91 Å². The Morgan fingerprint density at radius 3 is 2.83 bits per heavy atom. The van der Waals surface area contributed by atoms with Crippen molar-refractivity contribution in [2.75, 3.05) is 7.05 Å². The predicted octanol–water partition coefficient (Wildman–Crippen LogP) is 1.39. The number of ether oxygens (including phenoxy) is 1. The SMILES string of the molecule is CNC(=O)NC(=O)[C@@H](C)OC(=O)/C=C/c1c(Cl)nc2ccccn12. The lowest BCUT2D eigenvalue weighted by Gasteiger charge is -2.11. The van der Waals surface area contributed by atoms with Gasteiger partial charge in [-0.05, 0) is 25.1 Å². The van der Waals surface area contributed by atoms with Crippen LogP contribution in [-0.2, 0) is 14.3 Å². The summed E-state index contributed by atoms with van der Waals surface area (Å²) in [6, 6.07) is 4.70. The van der Waals surface area contributed by atoms with Crippen LogP contribution in [0, 0.1) is 0 Å². The van der Waals surface area contributed by atoms with Gasteiger partial charge in [0.15, 0.2) is 11.3 Å². The molecule has 0 radical (unpaired) electrons. The van der Waals surface area contributed by atoms with E-state index in [1.165, 1.54) is 20.0 Å². The van der Waals surface area contributed by atoms with Gasteiger partial charge in [-0.2, -0.15) is 0 Å². The molecule has 0 aromatic carbocycles. The van der Waals surface area contributed by atoms with Gasteiger partial charge in [-0.3, -0.25) is 14.5 Å². The number of urea groups is 1. The van der Waals surface area contributed by atoms with Gasteiger partial charge in [0.2, 0.25) is 0 Å². The number of rotatable bonds is 4. The molecule has 24 heavy (non-hydrogen) atoms. The molecule has 0 aliphatic heterocycles. The Morgan fingerprint density at radius 1 is 1.38 bits per heavy atom. The standard InChI is InChI=1S/C15H15ClN4O4/c1-9(14(22)19-15(23)17-2)24-12(21)7-6-10-13(16)18-11-5-3-4-8-20(10)11/h3-9H,1-2H3,(H2,17,19,22,23)/b7-6+/t9-/m1/s1. The minimum Gasteiger partial charge on any atom is -0.449 e. The third kappa shape index (κ3) is 4.11. The fourth-order valence-electron chi connectivity index (χ4n) is 1.83. The smallest absolute Gasteiger partial charge is 0.331 e. The zero-order valence-corrected chi connectivity index (χ0v) is 13.7. The molecule has 9 heteroatoms. The first-order valence-electron chi connectivity index (χ1n) is 6.96. The number of esters is 1. The minimum atomic E-state index is -1.13. The molecule has 2 N–H and O–H groups in total. The summed E-state index contributed by atoms with van der Waals surface area (Å²) in [5.74, 6) is -1.49. The van der Waals surface area contributed by atoms with E-state index in [0.717, 1.165) is 6.08 Å². The average molecular weight is 351 g/mol. The fourth-order valence-corrected chi connectivity index (χ4v) is 2.07. The molecular formula is C15H15ClN4O4. The molecule has 0 aliphatic rings. The molecule has 0 spiro atoms. The van der Waals surface area contributed by atoms with E-state index in [4.69, 9.17) is 16.3 Å².